The average Bonchev–Trinajstić information content (AvgIpc) is 2.40. The SMILES string of the molecule is Nc1ncc(Cl)cc1CCCCC1CCOCC1. The summed E-state index contributed by atoms with van der Waals surface area (Å²) >= 11 is 5.92. The van der Waals surface area contributed by atoms with Gasteiger partial charge in [0.25, 0.3) is 0 Å². The maximum atomic E-state index is 5.92. The molecule has 0 aliphatic carbocycles. The van der Waals surface area contributed by atoms with Crippen molar-refractivity contribution in [2.45, 2.75) is 38.5 Å². The Balaban J connectivity index is 1.69. The first-order chi connectivity index (χ1) is 8.75. The number of nitrogens with zero attached hydrogens (tertiary/aromatic N) is 1. The van der Waals surface area contributed by atoms with Crippen molar-refractivity contribution in [3.63, 3.8) is 0 Å². The zero-order valence-electron chi connectivity index (χ0n) is 10.7. The van der Waals surface area contributed by atoms with Crippen LogP contribution in [0.3, 0.4) is 0 Å². The molecule has 4 heteroatoms. The van der Waals surface area contributed by atoms with Crippen molar-refractivity contribution >= 4 is 17.4 Å². The van der Waals surface area contributed by atoms with Gasteiger partial charge in [-0.2, -0.15) is 0 Å². The molecular weight excluding hydrogens is 248 g/mol. The van der Waals surface area contributed by atoms with Crippen LogP contribution in [0.25, 0.3) is 0 Å². The summed E-state index contributed by atoms with van der Waals surface area (Å²) in [6.45, 7) is 1.88. The van der Waals surface area contributed by atoms with Gasteiger partial charge in [0.2, 0.25) is 0 Å². The fourth-order valence-corrected chi connectivity index (χ4v) is 2.66. The van der Waals surface area contributed by atoms with Crippen LogP contribution in [-0.2, 0) is 11.2 Å². The van der Waals surface area contributed by atoms with E-state index >= 15 is 0 Å². The van der Waals surface area contributed by atoms with Crippen molar-refractivity contribution in [3.8, 4) is 0 Å². The monoisotopic (exact) mass is 268 g/mol. The number of pyridine rings is 1. The van der Waals surface area contributed by atoms with Crippen LogP contribution >= 0.6 is 11.6 Å². The Bertz CT molecular complexity index is 378. The van der Waals surface area contributed by atoms with Gasteiger partial charge in [-0.15, -0.1) is 0 Å². The van der Waals surface area contributed by atoms with Gasteiger partial charge in [-0.1, -0.05) is 24.4 Å². The molecule has 3 nitrogen and oxygen atoms in total. The quantitative estimate of drug-likeness (QED) is 0.832. The summed E-state index contributed by atoms with van der Waals surface area (Å²) in [5, 5.41) is 0.670. The number of nitrogen functional groups attached to an aromatic ring is 1. The van der Waals surface area contributed by atoms with Crippen LogP contribution in [0.5, 0.6) is 0 Å². The molecule has 0 unspecified atom stereocenters. The third kappa shape index (κ3) is 4.14. The normalized spacial score (nSPS) is 16.9. The summed E-state index contributed by atoms with van der Waals surface area (Å²) in [6, 6.07) is 1.93. The van der Waals surface area contributed by atoms with Gasteiger partial charge in [0.05, 0.1) is 5.02 Å². The molecule has 0 radical (unpaired) electrons. The first kappa shape index (κ1) is 13.6. The van der Waals surface area contributed by atoms with E-state index in [1.54, 1.807) is 6.20 Å². The van der Waals surface area contributed by atoms with Crippen LogP contribution in [0, 0.1) is 5.92 Å². The predicted molar refractivity (Wildman–Crippen MR) is 74.8 cm³/mol. The van der Waals surface area contributed by atoms with Gasteiger partial charge >= 0.3 is 0 Å². The first-order valence-electron chi connectivity index (χ1n) is 6.73. The molecule has 100 valence electrons. The highest BCUT2D eigenvalue weighted by atomic mass is 35.5. The maximum Gasteiger partial charge on any atom is 0.126 e. The number of aryl methyl sites for hydroxylation is 1. The van der Waals surface area contributed by atoms with Gasteiger partial charge in [-0.25, -0.2) is 4.98 Å². The maximum absolute atomic E-state index is 5.92. The molecule has 2 N–H and O–H groups in total. The number of rotatable bonds is 5. The highest BCUT2D eigenvalue weighted by Gasteiger charge is 2.13. The van der Waals surface area contributed by atoms with E-state index in [0.29, 0.717) is 10.8 Å². The van der Waals surface area contributed by atoms with E-state index < -0.39 is 0 Å². The van der Waals surface area contributed by atoms with Gasteiger partial charge < -0.3 is 10.5 Å². The van der Waals surface area contributed by atoms with Gasteiger partial charge in [-0.3, -0.25) is 0 Å². The van der Waals surface area contributed by atoms with E-state index in [9.17, 15) is 0 Å². The molecule has 1 aromatic rings. The first-order valence-corrected chi connectivity index (χ1v) is 7.11. The molecule has 0 spiro atoms. The fraction of sp³-hybridized carbons (Fsp3) is 0.643. The van der Waals surface area contributed by atoms with Crippen LogP contribution in [-0.4, -0.2) is 18.2 Å². The number of halogens is 1. The molecule has 1 saturated heterocycles. The lowest BCUT2D eigenvalue weighted by molar-refractivity contribution is 0.0632. The highest BCUT2D eigenvalue weighted by Crippen LogP contribution is 2.22. The second-order valence-corrected chi connectivity index (χ2v) is 5.44. The summed E-state index contributed by atoms with van der Waals surface area (Å²) in [5.74, 6) is 1.47. The molecule has 18 heavy (non-hydrogen) atoms. The molecule has 2 rings (SSSR count). The van der Waals surface area contributed by atoms with E-state index in [1.165, 1.54) is 25.7 Å². The lowest BCUT2D eigenvalue weighted by Gasteiger charge is -2.21. The Morgan fingerprint density at radius 2 is 2.11 bits per heavy atom. The van der Waals surface area contributed by atoms with E-state index in [4.69, 9.17) is 22.1 Å². The van der Waals surface area contributed by atoms with Gasteiger partial charge in [0.1, 0.15) is 5.82 Å². The summed E-state index contributed by atoms with van der Waals surface area (Å²) in [6.07, 6.45) is 8.73. The molecular formula is C14H21ClN2O. The standard InChI is InChI=1S/C14H21ClN2O/c15-13-9-12(14(16)17-10-13)4-2-1-3-11-5-7-18-8-6-11/h9-11H,1-8H2,(H2,16,17). The number of anilines is 1. The number of aromatic nitrogens is 1. The molecule has 1 aromatic heterocycles. The minimum Gasteiger partial charge on any atom is -0.383 e. The smallest absolute Gasteiger partial charge is 0.126 e. The van der Waals surface area contributed by atoms with Crippen molar-refractivity contribution < 1.29 is 4.74 Å². The fourth-order valence-electron chi connectivity index (χ4n) is 2.48. The van der Waals surface area contributed by atoms with Crippen molar-refractivity contribution in [2.24, 2.45) is 5.92 Å². The predicted octanol–water partition coefficient (Wildman–Crippen LogP) is 3.46. The van der Waals surface area contributed by atoms with Crippen molar-refractivity contribution in [3.05, 3.63) is 22.8 Å². The molecule has 0 amide bonds. The van der Waals surface area contributed by atoms with Crippen LogP contribution in [0.4, 0.5) is 5.82 Å². The van der Waals surface area contributed by atoms with Gasteiger partial charge in [0, 0.05) is 19.4 Å². The van der Waals surface area contributed by atoms with E-state index in [-0.39, 0.29) is 0 Å². The number of hydrogen-bond acceptors (Lipinski definition) is 3. The largest absolute Gasteiger partial charge is 0.383 e. The summed E-state index contributed by atoms with van der Waals surface area (Å²) in [5.41, 5.74) is 6.91. The lowest BCUT2D eigenvalue weighted by Crippen LogP contribution is -2.15. The summed E-state index contributed by atoms with van der Waals surface area (Å²) in [7, 11) is 0. The molecule has 0 saturated carbocycles. The second-order valence-electron chi connectivity index (χ2n) is 5.00. The van der Waals surface area contributed by atoms with Crippen molar-refractivity contribution in [2.75, 3.05) is 18.9 Å². The van der Waals surface area contributed by atoms with Crippen molar-refractivity contribution in [1.82, 2.24) is 4.98 Å². The van der Waals surface area contributed by atoms with E-state index in [1.807, 2.05) is 6.07 Å². The van der Waals surface area contributed by atoms with Gasteiger partial charge in [-0.05, 0) is 43.2 Å². The Morgan fingerprint density at radius 1 is 1.33 bits per heavy atom. The Kier molecular flexibility index (Phi) is 5.26. The molecule has 0 aromatic carbocycles. The minimum absolute atomic E-state index is 0.616. The average molecular weight is 269 g/mol. The zero-order chi connectivity index (χ0) is 12.8. The lowest BCUT2D eigenvalue weighted by atomic mass is 9.93. The second kappa shape index (κ2) is 6.95. The summed E-state index contributed by atoms with van der Waals surface area (Å²) in [4.78, 5) is 4.08. The third-order valence-electron chi connectivity index (χ3n) is 3.62. The van der Waals surface area contributed by atoms with Crippen LogP contribution in [0.2, 0.25) is 5.02 Å². The molecule has 2 heterocycles. The van der Waals surface area contributed by atoms with E-state index in [0.717, 1.165) is 37.5 Å². The van der Waals surface area contributed by atoms with Crippen LogP contribution in [0.15, 0.2) is 12.3 Å². The number of nitrogens with two attached hydrogens (primary N) is 1. The Morgan fingerprint density at radius 3 is 2.89 bits per heavy atom. The van der Waals surface area contributed by atoms with Crippen molar-refractivity contribution in [1.29, 1.82) is 0 Å². The molecule has 0 bridgehead atoms. The number of unbranched alkanes of at least 4 members (excludes halogenated alkanes) is 1. The summed E-state index contributed by atoms with van der Waals surface area (Å²) < 4.78 is 5.36. The van der Waals surface area contributed by atoms with Crippen LogP contribution < -0.4 is 5.73 Å². The molecule has 1 aliphatic heterocycles. The third-order valence-corrected chi connectivity index (χ3v) is 3.82. The van der Waals surface area contributed by atoms with Gasteiger partial charge in [0.15, 0.2) is 0 Å². The molecule has 0 atom stereocenters. The molecule has 1 fully saturated rings. The molecule has 1 aliphatic rings. The topological polar surface area (TPSA) is 48.1 Å². The minimum atomic E-state index is 0.616. The Labute approximate surface area is 114 Å². The number of ether oxygens (including phenoxy) is 1. The van der Waals surface area contributed by atoms with E-state index in [2.05, 4.69) is 4.98 Å². The Hall–Kier alpha value is -0.800. The number of hydrogen-bond donors (Lipinski definition) is 1. The van der Waals surface area contributed by atoms with Crippen LogP contribution in [0.1, 0.15) is 37.7 Å². The zero-order valence-corrected chi connectivity index (χ0v) is 11.5. The highest BCUT2D eigenvalue weighted by molar-refractivity contribution is 6.30.